The monoisotopic (exact) mass is 328 g/mol. The number of halogens is 1. The number of fused-ring (bicyclic) bond motifs is 4. The van der Waals surface area contributed by atoms with Crippen molar-refractivity contribution in [3.63, 3.8) is 0 Å². The quantitative estimate of drug-likeness (QED) is 0.800. The number of anilines is 1. The van der Waals surface area contributed by atoms with Crippen LogP contribution in [0.4, 0.5) is 10.1 Å². The van der Waals surface area contributed by atoms with Gasteiger partial charge in [-0.15, -0.1) is 0 Å². The van der Waals surface area contributed by atoms with Gasteiger partial charge in [-0.2, -0.15) is 0 Å². The predicted octanol–water partition coefficient (Wildman–Crippen LogP) is 4.01. The van der Waals surface area contributed by atoms with Gasteiger partial charge >= 0.3 is 0 Å². The van der Waals surface area contributed by atoms with E-state index in [0.717, 1.165) is 17.0 Å². The lowest BCUT2D eigenvalue weighted by atomic mass is 9.81. The average Bonchev–Trinajstić information content (AvgIpc) is 2.52. The van der Waals surface area contributed by atoms with Crippen molar-refractivity contribution in [3.8, 4) is 5.75 Å². The highest BCUT2D eigenvalue weighted by atomic mass is 32.1. The van der Waals surface area contributed by atoms with E-state index in [1.54, 1.807) is 12.1 Å². The van der Waals surface area contributed by atoms with Crippen LogP contribution in [0.25, 0.3) is 0 Å². The van der Waals surface area contributed by atoms with E-state index in [0.29, 0.717) is 5.11 Å². The highest BCUT2D eigenvalue weighted by molar-refractivity contribution is 7.80. The van der Waals surface area contributed by atoms with E-state index in [9.17, 15) is 4.39 Å². The van der Waals surface area contributed by atoms with Crippen molar-refractivity contribution >= 4 is 23.0 Å². The Balaban J connectivity index is 1.85. The molecule has 0 radical (unpaired) electrons. The summed E-state index contributed by atoms with van der Waals surface area (Å²) in [6.45, 7) is 4.18. The molecule has 0 aliphatic carbocycles. The topological polar surface area (TPSA) is 24.5 Å². The third-order valence-electron chi connectivity index (χ3n) is 4.93. The molecule has 0 aromatic heterocycles. The summed E-state index contributed by atoms with van der Waals surface area (Å²) in [7, 11) is 0. The summed E-state index contributed by atoms with van der Waals surface area (Å²) in [5.41, 5.74) is 1.31. The van der Waals surface area contributed by atoms with Gasteiger partial charge in [0.15, 0.2) is 10.8 Å². The average molecular weight is 328 g/mol. The molecule has 2 aromatic carbocycles. The van der Waals surface area contributed by atoms with Gasteiger partial charge in [-0.3, -0.25) is 4.90 Å². The second-order valence-electron chi connectivity index (χ2n) is 6.22. The van der Waals surface area contributed by atoms with Crippen LogP contribution < -0.4 is 15.0 Å². The van der Waals surface area contributed by atoms with E-state index in [1.807, 2.05) is 30.0 Å². The number of thiocarbonyl (C=S) groups is 1. The van der Waals surface area contributed by atoms with Crippen LogP contribution in [0.3, 0.4) is 0 Å². The molecule has 0 unspecified atom stereocenters. The Morgan fingerprint density at radius 3 is 2.61 bits per heavy atom. The normalized spacial score (nSPS) is 28.7. The SMILES string of the molecule is C[C@@H]1[C@H]2NC(=S)N(c3ccc(F)cc3)[C@@]1(C)Oc1ccccc12. The summed E-state index contributed by atoms with van der Waals surface area (Å²) in [5.74, 6) is 0.755. The molecule has 1 fully saturated rings. The minimum absolute atomic E-state index is 0.106. The second kappa shape index (κ2) is 4.93. The summed E-state index contributed by atoms with van der Waals surface area (Å²) >= 11 is 5.59. The third-order valence-corrected chi connectivity index (χ3v) is 5.23. The van der Waals surface area contributed by atoms with Crippen LogP contribution >= 0.6 is 12.2 Å². The van der Waals surface area contributed by atoms with Crippen molar-refractivity contribution < 1.29 is 9.13 Å². The lowest BCUT2D eigenvalue weighted by Crippen LogP contribution is -2.69. The predicted molar refractivity (Wildman–Crippen MR) is 92.0 cm³/mol. The van der Waals surface area contributed by atoms with E-state index in [4.69, 9.17) is 17.0 Å². The lowest BCUT2D eigenvalue weighted by Gasteiger charge is -2.56. The first-order valence-electron chi connectivity index (χ1n) is 7.65. The fourth-order valence-corrected chi connectivity index (χ4v) is 3.95. The summed E-state index contributed by atoms with van der Waals surface area (Å²) < 4.78 is 19.6. The highest BCUT2D eigenvalue weighted by Gasteiger charge is 2.53. The second-order valence-corrected chi connectivity index (χ2v) is 6.61. The maximum absolute atomic E-state index is 13.3. The summed E-state index contributed by atoms with van der Waals surface area (Å²) in [6.07, 6.45) is 0. The summed E-state index contributed by atoms with van der Waals surface area (Å²) in [6, 6.07) is 14.5. The Kier molecular flexibility index (Phi) is 3.10. The summed E-state index contributed by atoms with van der Waals surface area (Å²) in [4.78, 5) is 1.94. The van der Waals surface area contributed by atoms with Gasteiger partial charge in [0.05, 0.1) is 6.04 Å². The zero-order valence-electron chi connectivity index (χ0n) is 12.9. The van der Waals surface area contributed by atoms with E-state index in [2.05, 4.69) is 18.3 Å². The highest BCUT2D eigenvalue weighted by Crippen LogP contribution is 2.48. The number of benzene rings is 2. The molecule has 2 aromatic rings. The molecule has 118 valence electrons. The summed E-state index contributed by atoms with van der Waals surface area (Å²) in [5, 5.41) is 4.02. The largest absolute Gasteiger partial charge is 0.467 e. The molecule has 2 heterocycles. The number of rotatable bonds is 1. The molecule has 4 rings (SSSR count). The molecule has 3 atom stereocenters. The van der Waals surface area contributed by atoms with Crippen LogP contribution in [0.1, 0.15) is 25.5 Å². The Morgan fingerprint density at radius 1 is 1.17 bits per heavy atom. The van der Waals surface area contributed by atoms with Crippen molar-refractivity contribution in [1.29, 1.82) is 0 Å². The third kappa shape index (κ3) is 2.03. The number of para-hydroxylation sites is 1. The van der Waals surface area contributed by atoms with Gasteiger partial charge in [-0.05, 0) is 49.5 Å². The van der Waals surface area contributed by atoms with Gasteiger partial charge in [0.1, 0.15) is 11.6 Å². The molecule has 2 bridgehead atoms. The van der Waals surface area contributed by atoms with Crippen molar-refractivity contribution in [2.24, 2.45) is 5.92 Å². The Hall–Kier alpha value is -2.14. The lowest BCUT2D eigenvalue weighted by molar-refractivity contribution is -0.00317. The first-order valence-corrected chi connectivity index (χ1v) is 8.06. The first kappa shape index (κ1) is 14.5. The maximum atomic E-state index is 13.3. The molecule has 0 spiro atoms. The number of ether oxygens (including phenoxy) is 1. The minimum atomic E-state index is -0.626. The van der Waals surface area contributed by atoms with Crippen LogP contribution in [-0.2, 0) is 0 Å². The van der Waals surface area contributed by atoms with Crippen LogP contribution in [0.15, 0.2) is 48.5 Å². The number of nitrogens with zero attached hydrogens (tertiary/aromatic N) is 1. The van der Waals surface area contributed by atoms with E-state index >= 15 is 0 Å². The number of hydrogen-bond donors (Lipinski definition) is 1. The molecule has 2 aliphatic rings. The molecular formula is C18H17FN2OS. The Labute approximate surface area is 140 Å². The van der Waals surface area contributed by atoms with Crippen LogP contribution in [0, 0.1) is 11.7 Å². The molecule has 1 saturated heterocycles. The molecule has 5 heteroatoms. The van der Waals surface area contributed by atoms with E-state index < -0.39 is 5.72 Å². The molecule has 2 aliphatic heterocycles. The number of nitrogens with one attached hydrogen (secondary N) is 1. The molecule has 23 heavy (non-hydrogen) atoms. The molecular weight excluding hydrogens is 311 g/mol. The first-order chi connectivity index (χ1) is 11.0. The van der Waals surface area contributed by atoms with Gasteiger partial charge in [-0.1, -0.05) is 25.1 Å². The van der Waals surface area contributed by atoms with Crippen molar-refractivity contribution in [2.45, 2.75) is 25.6 Å². The van der Waals surface area contributed by atoms with E-state index in [-0.39, 0.29) is 17.8 Å². The fourth-order valence-electron chi connectivity index (χ4n) is 3.54. The van der Waals surface area contributed by atoms with Crippen LogP contribution in [-0.4, -0.2) is 10.8 Å². The standard InChI is InChI=1S/C18H17FN2OS/c1-11-16-14-5-3-4-6-15(14)22-18(11,2)21(17(23)20-16)13-9-7-12(19)8-10-13/h3-11,16H,1-2H3,(H,20,23)/t11-,16-,18+/m1/s1. The zero-order chi connectivity index (χ0) is 16.2. The fraction of sp³-hybridized carbons (Fsp3) is 0.278. The van der Waals surface area contributed by atoms with Crippen LogP contribution in [0.5, 0.6) is 5.75 Å². The number of hydrogen-bond acceptors (Lipinski definition) is 2. The molecule has 0 amide bonds. The van der Waals surface area contributed by atoms with Crippen molar-refractivity contribution in [2.75, 3.05) is 4.90 Å². The Bertz CT molecular complexity index is 779. The van der Waals surface area contributed by atoms with Crippen molar-refractivity contribution in [3.05, 3.63) is 59.9 Å². The smallest absolute Gasteiger partial charge is 0.190 e. The minimum Gasteiger partial charge on any atom is -0.467 e. The van der Waals surface area contributed by atoms with Gasteiger partial charge < -0.3 is 10.1 Å². The molecule has 0 saturated carbocycles. The van der Waals surface area contributed by atoms with Crippen molar-refractivity contribution in [1.82, 2.24) is 5.32 Å². The zero-order valence-corrected chi connectivity index (χ0v) is 13.7. The maximum Gasteiger partial charge on any atom is 0.190 e. The Morgan fingerprint density at radius 2 is 1.87 bits per heavy atom. The van der Waals surface area contributed by atoms with Gasteiger partial charge in [-0.25, -0.2) is 4.39 Å². The van der Waals surface area contributed by atoms with Gasteiger partial charge in [0.2, 0.25) is 0 Å². The van der Waals surface area contributed by atoms with Gasteiger partial charge in [0.25, 0.3) is 0 Å². The van der Waals surface area contributed by atoms with E-state index in [1.165, 1.54) is 12.1 Å². The molecule has 3 nitrogen and oxygen atoms in total. The molecule has 1 N–H and O–H groups in total. The van der Waals surface area contributed by atoms with Crippen LogP contribution in [0.2, 0.25) is 0 Å². The van der Waals surface area contributed by atoms with Gasteiger partial charge in [0, 0.05) is 17.2 Å².